The van der Waals surface area contributed by atoms with E-state index in [1.807, 2.05) is 65.8 Å². The summed E-state index contributed by atoms with van der Waals surface area (Å²) in [5.41, 5.74) is 11.2. The van der Waals surface area contributed by atoms with Gasteiger partial charge in [-0.25, -0.2) is 0 Å². The second kappa shape index (κ2) is 27.9. The van der Waals surface area contributed by atoms with E-state index in [-0.39, 0.29) is 121 Å². The maximum Gasteiger partial charge on any atom is 0.416 e. The summed E-state index contributed by atoms with van der Waals surface area (Å²) in [6, 6.07) is 16.3. The second-order valence-electron chi connectivity index (χ2n) is 28.0. The van der Waals surface area contributed by atoms with Crippen LogP contribution in [-0.4, -0.2) is 193 Å². The van der Waals surface area contributed by atoms with E-state index in [9.17, 15) is 55.1 Å². The predicted octanol–water partition coefficient (Wildman–Crippen LogP) is 5.76. The number of carbonyl (C=O) groups excluding carboxylic acids is 4. The van der Waals surface area contributed by atoms with Crippen LogP contribution in [0, 0.1) is 0 Å². The number of ether oxygens (including phenoxy) is 2. The zero-order chi connectivity index (χ0) is 69.1. The highest BCUT2D eigenvalue weighted by Crippen LogP contribution is 2.43. The average molecular weight is 1380 g/mol. The van der Waals surface area contributed by atoms with Gasteiger partial charge in [0.25, 0.3) is 11.1 Å². The first-order valence-corrected chi connectivity index (χ1v) is 33.1. The van der Waals surface area contributed by atoms with Crippen molar-refractivity contribution in [3.05, 3.63) is 159 Å². The van der Waals surface area contributed by atoms with Gasteiger partial charge in [-0.1, -0.05) is 87.3 Å². The molecule has 3 aromatic carbocycles. The molecule has 0 bridgehead atoms. The van der Waals surface area contributed by atoms with Gasteiger partial charge >= 0.3 is 12.4 Å². The molecule has 20 nitrogen and oxygen atoms in total. The van der Waals surface area contributed by atoms with E-state index >= 15 is 0 Å². The lowest BCUT2D eigenvalue weighted by Gasteiger charge is -2.46. The Labute approximate surface area is 562 Å². The van der Waals surface area contributed by atoms with Crippen molar-refractivity contribution >= 4 is 58.2 Å². The number of hydrogen-bond donors (Lipinski definition) is 6. The van der Waals surface area contributed by atoms with Crippen LogP contribution >= 0.6 is 23.2 Å². The third-order valence-corrected chi connectivity index (χ3v) is 20.3. The van der Waals surface area contributed by atoms with E-state index in [2.05, 4.69) is 40.2 Å². The molecule has 5 aromatic rings. The molecule has 11 rings (SSSR count). The summed E-state index contributed by atoms with van der Waals surface area (Å²) in [7, 11) is 0. The van der Waals surface area contributed by atoms with Gasteiger partial charge in [-0.2, -0.15) is 26.3 Å². The Kier molecular flexibility index (Phi) is 20.5. The minimum Gasteiger partial charge on any atom is -0.367 e. The normalized spacial score (nSPS) is 25.0. The first-order valence-electron chi connectivity index (χ1n) is 32.4. The Balaban J connectivity index is 0.768. The summed E-state index contributed by atoms with van der Waals surface area (Å²) in [6.45, 7) is 16.2. The molecule has 6 aliphatic heterocycles. The molecule has 0 aliphatic carbocycles. The van der Waals surface area contributed by atoms with Crippen molar-refractivity contribution in [1.82, 2.24) is 40.2 Å². The zero-order valence-corrected chi connectivity index (χ0v) is 55.9. The van der Waals surface area contributed by atoms with Crippen LogP contribution < -0.4 is 43.0 Å². The number of nitrogens with two attached hydrogens (primary N) is 2. The van der Waals surface area contributed by atoms with E-state index < -0.39 is 81.5 Å². The molecule has 96 heavy (non-hydrogen) atoms. The van der Waals surface area contributed by atoms with E-state index in [1.54, 1.807) is 9.80 Å². The van der Waals surface area contributed by atoms with Gasteiger partial charge in [-0.15, -0.1) is 0 Å². The first-order chi connectivity index (χ1) is 45.2. The number of benzene rings is 3. The van der Waals surface area contributed by atoms with Gasteiger partial charge in [-0.05, 0) is 85.3 Å². The lowest BCUT2D eigenvalue weighted by atomic mass is 9.90. The molecule has 518 valence electrons. The van der Waals surface area contributed by atoms with Gasteiger partial charge in [0.15, 0.2) is 12.2 Å². The number of alkyl halides is 6. The Hall–Kier alpha value is -6.72. The third-order valence-electron chi connectivity index (χ3n) is 19.8. The fraction of sp³-hybridized carbons (Fsp3) is 0.529. The van der Waals surface area contributed by atoms with E-state index in [0.717, 1.165) is 23.3 Å². The molecule has 0 radical (unpaired) electrons. The molecule has 0 saturated carbocycles. The van der Waals surface area contributed by atoms with Crippen LogP contribution in [0.15, 0.2) is 82.4 Å². The molecular weight excluding hydrogens is 1300 g/mol. The van der Waals surface area contributed by atoms with E-state index in [1.165, 1.54) is 36.4 Å². The number of fused-ring (bicyclic) bond motifs is 2. The number of rotatable bonds is 18. The van der Waals surface area contributed by atoms with Crippen molar-refractivity contribution in [2.45, 2.75) is 139 Å². The van der Waals surface area contributed by atoms with Crippen LogP contribution in [0.1, 0.15) is 97.4 Å². The van der Waals surface area contributed by atoms with Crippen LogP contribution in [0.4, 0.5) is 37.7 Å². The van der Waals surface area contributed by atoms with Crippen LogP contribution in [-0.2, 0) is 77.5 Å². The number of primary amides is 2. The number of nitrogens with zero attached hydrogens (tertiary/aromatic N) is 6. The minimum absolute atomic E-state index is 0.00232. The highest BCUT2D eigenvalue weighted by Gasteiger charge is 2.46. The molecule has 8 atom stereocenters. The summed E-state index contributed by atoms with van der Waals surface area (Å²) in [5.74, 6) is -1.77. The maximum absolute atomic E-state index is 14.7. The number of halogens is 8. The van der Waals surface area contributed by atoms with Gasteiger partial charge in [-0.3, -0.25) is 48.4 Å². The summed E-state index contributed by atoms with van der Waals surface area (Å²) >= 11 is 11.9. The maximum atomic E-state index is 14.7. The number of aromatic nitrogens is 2. The fourth-order valence-electron chi connectivity index (χ4n) is 14.9. The highest BCUT2D eigenvalue weighted by atomic mass is 35.5. The second-order valence-corrected chi connectivity index (χ2v) is 28.8. The first kappa shape index (κ1) is 70.6. The number of anilines is 2. The number of amides is 4. The predicted molar refractivity (Wildman–Crippen MR) is 351 cm³/mol. The molecule has 8 heterocycles. The van der Waals surface area contributed by atoms with E-state index in [0.29, 0.717) is 88.0 Å². The monoisotopic (exact) mass is 1380 g/mol. The van der Waals surface area contributed by atoms with Gasteiger partial charge < -0.3 is 51.3 Å². The Morgan fingerprint density at radius 1 is 0.562 bits per heavy atom. The molecule has 8 N–H and O–H groups in total. The number of morpholine rings is 2. The molecule has 0 spiro atoms. The standard InChI is InChI=1S/C68H82Cl2F6N12O8/c1-37-29-85(33-55(89)87-35-65(3,4)59-53(87)23-43(63(93)81-59)21-41-11-13-45(69)25-49(41)67(71,72)73)47(27-79-37)31-83-15-17-95-57(61(77)91)51(83)19-39-7-9-40(10-8-39)20-52-58(62(78)92)96-18-16-84(52)32-48-28-80-38(2)30-86(48)34-56(90)88-36-66(5,6)60-54(88)24-44(64(94)82-60)22-42-12-14-46(70)26-50(42)68(74,75)76/h7-14,23-26,37-38,47-48,51-52,57-58,79-80H,15-22,27-36H2,1-6H3,(H2,77,91)(H2,78,92)(H,81,93)(H,82,94)/t37-,38-,47-,48-,51?,52?,57?,58?/m1/s1. The molecule has 6 aliphatic rings. The average Bonchev–Trinajstić information content (AvgIpc) is 1.62. The summed E-state index contributed by atoms with van der Waals surface area (Å²) in [6.07, 6.45) is -11.4. The van der Waals surface area contributed by atoms with Gasteiger partial charge in [0.2, 0.25) is 23.6 Å². The molecule has 4 saturated heterocycles. The molecule has 4 unspecified atom stereocenters. The van der Waals surface area contributed by atoms with Crippen LogP contribution in [0.3, 0.4) is 0 Å². The molecular formula is C68H82Cl2F6N12O8. The summed E-state index contributed by atoms with van der Waals surface area (Å²) in [5, 5.41) is 6.92. The Bertz CT molecular complexity index is 3640. The lowest BCUT2D eigenvalue weighted by molar-refractivity contribution is -0.143. The largest absolute Gasteiger partial charge is 0.416 e. The van der Waals surface area contributed by atoms with E-state index in [4.69, 9.17) is 44.1 Å². The number of H-pyrrole nitrogens is 2. The molecule has 28 heteroatoms. The number of carbonyl (C=O) groups is 4. The molecule has 4 amide bonds. The van der Waals surface area contributed by atoms with Crippen molar-refractivity contribution in [2.75, 3.05) is 102 Å². The topological polar surface area (TPSA) is 248 Å². The summed E-state index contributed by atoms with van der Waals surface area (Å²) in [4.78, 5) is 101. The van der Waals surface area contributed by atoms with Crippen molar-refractivity contribution in [3.8, 4) is 0 Å². The number of aromatic amines is 2. The fourth-order valence-corrected chi connectivity index (χ4v) is 15.3. The SMILES string of the molecule is C[C@@H]1CN(CC(=O)N2CC(C)(C)c3[nH]c(=O)c(Cc4ccc(Cl)cc4C(F)(F)F)cc32)[C@@H](CN2CCOC(C(N)=O)C2Cc2ccc(CC3C(C(N)=O)OCCN3C[C@H]3CN[C@H](C)CN3CC(=O)N3CC(C)(C)c4[nH]c(=O)c(Cc5ccc(Cl)cc5C(F)(F)F)cc43)cc2)CN1. The smallest absolute Gasteiger partial charge is 0.367 e. The van der Waals surface area contributed by atoms with Crippen LogP contribution in [0.5, 0.6) is 0 Å². The number of piperazine rings is 2. The summed E-state index contributed by atoms with van der Waals surface area (Å²) < 4.78 is 97.2. The van der Waals surface area contributed by atoms with Gasteiger partial charge in [0.05, 0.1) is 48.8 Å². The van der Waals surface area contributed by atoms with Crippen LogP contribution in [0.2, 0.25) is 10.0 Å². The molecule has 4 fully saturated rings. The van der Waals surface area contributed by atoms with Crippen molar-refractivity contribution < 1.29 is 55.0 Å². The van der Waals surface area contributed by atoms with Crippen LogP contribution in [0.25, 0.3) is 0 Å². The Morgan fingerprint density at radius 2 is 0.938 bits per heavy atom. The Morgan fingerprint density at radius 3 is 1.29 bits per heavy atom. The number of nitrogens with one attached hydrogen (secondary N) is 4. The van der Waals surface area contributed by atoms with Gasteiger partial charge in [0.1, 0.15) is 0 Å². The zero-order valence-electron chi connectivity index (χ0n) is 54.4. The number of pyridine rings is 2. The van der Waals surface area contributed by atoms with Crippen molar-refractivity contribution in [1.29, 1.82) is 0 Å². The van der Waals surface area contributed by atoms with Gasteiger partial charge in [0, 0.05) is 158 Å². The highest BCUT2D eigenvalue weighted by molar-refractivity contribution is 6.31. The quantitative estimate of drug-likeness (QED) is 0.0572. The third kappa shape index (κ3) is 15.4. The van der Waals surface area contributed by atoms with Crippen molar-refractivity contribution in [3.63, 3.8) is 0 Å². The van der Waals surface area contributed by atoms with Crippen molar-refractivity contribution in [2.24, 2.45) is 11.5 Å². The number of hydrogen-bond acceptors (Lipinski definition) is 14. The molecule has 2 aromatic heterocycles. The minimum atomic E-state index is -4.72. The lowest BCUT2D eigenvalue weighted by Crippen LogP contribution is -2.64.